The van der Waals surface area contributed by atoms with Crippen LogP contribution in [0.4, 0.5) is 0 Å². The summed E-state index contributed by atoms with van der Waals surface area (Å²) in [6.07, 6.45) is -0.781. The molecule has 0 radical (unpaired) electrons. The molecule has 0 aliphatic heterocycles. The van der Waals surface area contributed by atoms with E-state index in [0.29, 0.717) is 13.2 Å². The minimum atomic E-state index is -2.19. The monoisotopic (exact) mass is 396 g/mol. The molecule has 0 bridgehead atoms. The van der Waals surface area contributed by atoms with Crippen LogP contribution >= 0.6 is 0 Å². The maximum absolute atomic E-state index is 12.7. The molecule has 1 atom stereocenters. The van der Waals surface area contributed by atoms with Gasteiger partial charge in [0.2, 0.25) is 0 Å². The highest BCUT2D eigenvalue weighted by molar-refractivity contribution is 6.74. The molecule has 0 spiro atoms. The Labute approximate surface area is 165 Å². The van der Waals surface area contributed by atoms with Crippen LogP contribution in [-0.2, 0) is 25.3 Å². The van der Waals surface area contributed by atoms with Gasteiger partial charge in [-0.3, -0.25) is 0 Å². The van der Waals surface area contributed by atoms with E-state index in [0.717, 1.165) is 11.3 Å². The maximum atomic E-state index is 12.7. The minimum Gasteiger partial charge on any atom is -0.497 e. The molecule has 6 heteroatoms. The number of benzene rings is 1. The Bertz CT molecular complexity index is 602. The molecule has 0 fully saturated rings. The average Bonchev–Trinajstić information content (AvgIpc) is 2.57. The van der Waals surface area contributed by atoms with Crippen LogP contribution in [0.2, 0.25) is 18.1 Å². The Morgan fingerprint density at radius 3 is 2.07 bits per heavy atom. The predicted octanol–water partition coefficient (Wildman–Crippen LogP) is 4.94. The number of methoxy groups -OCH3 is 1. The van der Waals surface area contributed by atoms with E-state index in [1.165, 1.54) is 0 Å². The van der Waals surface area contributed by atoms with Gasteiger partial charge >= 0.3 is 5.97 Å². The second kappa shape index (κ2) is 9.21. The molecule has 0 aliphatic rings. The first kappa shape index (κ1) is 23.7. The summed E-state index contributed by atoms with van der Waals surface area (Å²) < 4.78 is 23.0. The number of carbonyl (C=O) groups excluding carboxylic acids is 1. The van der Waals surface area contributed by atoms with Gasteiger partial charge in [0, 0.05) is 0 Å². The highest BCUT2D eigenvalue weighted by atomic mass is 28.4. The van der Waals surface area contributed by atoms with Gasteiger partial charge in [-0.15, -0.1) is 0 Å². The zero-order valence-corrected chi connectivity index (χ0v) is 19.3. The third-order valence-corrected chi connectivity index (χ3v) is 9.56. The maximum Gasteiger partial charge on any atom is 0.337 e. The number of rotatable bonds is 9. The van der Waals surface area contributed by atoms with Gasteiger partial charge in [0.05, 0.1) is 25.9 Å². The Morgan fingerprint density at radius 1 is 1.07 bits per heavy atom. The summed E-state index contributed by atoms with van der Waals surface area (Å²) in [4.78, 5) is 12.7. The Balaban J connectivity index is 2.98. The van der Waals surface area contributed by atoms with Crippen molar-refractivity contribution in [2.45, 2.75) is 78.0 Å². The van der Waals surface area contributed by atoms with Crippen LogP contribution in [0.25, 0.3) is 0 Å². The van der Waals surface area contributed by atoms with Gasteiger partial charge in [-0.25, -0.2) is 4.79 Å². The van der Waals surface area contributed by atoms with Crippen molar-refractivity contribution in [3.05, 3.63) is 29.8 Å². The molecule has 154 valence electrons. The second-order valence-corrected chi connectivity index (χ2v) is 13.5. The Morgan fingerprint density at radius 2 is 1.63 bits per heavy atom. The summed E-state index contributed by atoms with van der Waals surface area (Å²) in [6, 6.07) is 7.67. The molecule has 27 heavy (non-hydrogen) atoms. The molecular formula is C21H36O5Si. The van der Waals surface area contributed by atoms with Crippen molar-refractivity contribution >= 4 is 14.3 Å². The van der Waals surface area contributed by atoms with Gasteiger partial charge in [0.1, 0.15) is 5.75 Å². The quantitative estimate of drug-likeness (QED) is 0.437. The van der Waals surface area contributed by atoms with Crippen LogP contribution in [0, 0.1) is 0 Å². The number of hydrogen-bond donors (Lipinski definition) is 0. The van der Waals surface area contributed by atoms with E-state index in [4.69, 9.17) is 18.6 Å². The standard InChI is InChI=1S/C21H36O5Si/c1-10-24-19(22)18(26-27(8,9)20(2,3)4)21(5,6)25-15-16-11-13-17(23-7)14-12-16/h11-14,18H,10,15H2,1-9H3. The smallest absolute Gasteiger partial charge is 0.337 e. The topological polar surface area (TPSA) is 54.0 Å². The normalized spacial score (nSPS) is 14.0. The van der Waals surface area contributed by atoms with Gasteiger partial charge in [-0.1, -0.05) is 32.9 Å². The van der Waals surface area contributed by atoms with Crippen LogP contribution in [0.5, 0.6) is 5.75 Å². The molecule has 1 unspecified atom stereocenters. The first-order valence-corrected chi connectivity index (χ1v) is 12.4. The first-order chi connectivity index (χ1) is 12.3. The van der Waals surface area contributed by atoms with Crippen molar-refractivity contribution in [1.29, 1.82) is 0 Å². The molecule has 0 N–H and O–H groups in total. The van der Waals surface area contributed by atoms with Crippen molar-refractivity contribution in [2.75, 3.05) is 13.7 Å². The lowest BCUT2D eigenvalue weighted by atomic mass is 10.0. The van der Waals surface area contributed by atoms with Crippen molar-refractivity contribution in [3.8, 4) is 5.75 Å². The van der Waals surface area contributed by atoms with Gasteiger partial charge < -0.3 is 18.6 Å². The molecule has 0 saturated carbocycles. The van der Waals surface area contributed by atoms with Gasteiger partial charge in [-0.05, 0) is 56.6 Å². The lowest BCUT2D eigenvalue weighted by molar-refractivity contribution is -0.171. The summed E-state index contributed by atoms with van der Waals surface area (Å²) in [5.41, 5.74) is 0.167. The molecule has 1 aromatic rings. The van der Waals surface area contributed by atoms with Gasteiger partial charge in [0.15, 0.2) is 14.4 Å². The fraction of sp³-hybridized carbons (Fsp3) is 0.667. The van der Waals surface area contributed by atoms with Gasteiger partial charge in [-0.2, -0.15) is 0 Å². The number of hydrogen-bond acceptors (Lipinski definition) is 5. The second-order valence-electron chi connectivity index (χ2n) is 8.75. The van der Waals surface area contributed by atoms with Gasteiger partial charge in [0.25, 0.3) is 0 Å². The molecule has 0 aromatic heterocycles. The zero-order valence-electron chi connectivity index (χ0n) is 18.3. The first-order valence-electron chi connectivity index (χ1n) is 9.45. The van der Waals surface area contributed by atoms with Crippen molar-refractivity contribution in [1.82, 2.24) is 0 Å². The fourth-order valence-electron chi connectivity index (χ4n) is 2.23. The Hall–Kier alpha value is -1.37. The third-order valence-electron chi connectivity index (χ3n) is 5.12. The largest absolute Gasteiger partial charge is 0.497 e. The van der Waals surface area contributed by atoms with E-state index in [2.05, 4.69) is 33.9 Å². The summed E-state index contributed by atoms with van der Waals surface area (Å²) in [5.74, 6) is 0.422. The predicted molar refractivity (Wildman–Crippen MR) is 111 cm³/mol. The van der Waals surface area contributed by atoms with Crippen LogP contribution < -0.4 is 4.74 Å². The lowest BCUT2D eigenvalue weighted by Crippen LogP contribution is -2.54. The summed E-state index contributed by atoms with van der Waals surface area (Å²) >= 11 is 0. The van der Waals surface area contributed by atoms with E-state index >= 15 is 0 Å². The number of carbonyl (C=O) groups is 1. The molecule has 0 amide bonds. The summed E-state index contributed by atoms with van der Waals surface area (Å²) in [6.45, 7) is 16.9. The van der Waals surface area contributed by atoms with Crippen LogP contribution in [0.3, 0.4) is 0 Å². The van der Waals surface area contributed by atoms with E-state index < -0.39 is 20.0 Å². The Kier molecular flexibility index (Phi) is 8.08. The van der Waals surface area contributed by atoms with Crippen molar-refractivity contribution in [3.63, 3.8) is 0 Å². The zero-order chi connectivity index (χ0) is 20.9. The summed E-state index contributed by atoms with van der Waals surface area (Å²) in [7, 11) is -0.552. The number of esters is 1. The highest BCUT2D eigenvalue weighted by Crippen LogP contribution is 2.39. The van der Waals surface area contributed by atoms with E-state index in [1.54, 1.807) is 14.0 Å². The molecule has 1 aromatic carbocycles. The highest BCUT2D eigenvalue weighted by Gasteiger charge is 2.47. The minimum absolute atomic E-state index is 0.0240. The van der Waals surface area contributed by atoms with Crippen molar-refractivity contribution < 1.29 is 23.4 Å². The third kappa shape index (κ3) is 6.62. The van der Waals surface area contributed by atoms with Crippen LogP contribution in [0.15, 0.2) is 24.3 Å². The molecule has 0 heterocycles. The molecular weight excluding hydrogens is 360 g/mol. The summed E-state index contributed by atoms with van der Waals surface area (Å²) in [5, 5.41) is -0.0240. The molecule has 0 aliphatic carbocycles. The average molecular weight is 397 g/mol. The lowest BCUT2D eigenvalue weighted by Gasteiger charge is -2.42. The van der Waals surface area contributed by atoms with Crippen LogP contribution in [0.1, 0.15) is 47.1 Å². The number of ether oxygens (including phenoxy) is 3. The molecule has 0 saturated heterocycles. The van der Waals surface area contributed by atoms with E-state index in [1.807, 2.05) is 38.1 Å². The fourth-order valence-corrected chi connectivity index (χ4v) is 3.55. The SMILES string of the molecule is CCOC(=O)C(O[Si](C)(C)C(C)(C)C)C(C)(C)OCc1ccc(OC)cc1. The molecule has 5 nitrogen and oxygen atoms in total. The molecule has 1 rings (SSSR count). The van der Waals surface area contributed by atoms with E-state index in [-0.39, 0.29) is 11.0 Å². The van der Waals surface area contributed by atoms with Crippen LogP contribution in [-0.4, -0.2) is 39.7 Å². The van der Waals surface area contributed by atoms with Crippen molar-refractivity contribution in [2.24, 2.45) is 0 Å². The van der Waals surface area contributed by atoms with E-state index in [9.17, 15) is 4.79 Å².